The molecule has 0 atom stereocenters. The van der Waals surface area contributed by atoms with Gasteiger partial charge < -0.3 is 4.74 Å². The first-order valence-corrected chi connectivity index (χ1v) is 6.73. The first-order valence-electron chi connectivity index (χ1n) is 5.37. The third kappa shape index (κ3) is 3.90. The van der Waals surface area contributed by atoms with E-state index in [9.17, 15) is 4.79 Å². The van der Waals surface area contributed by atoms with Gasteiger partial charge in [0.15, 0.2) is 5.16 Å². The summed E-state index contributed by atoms with van der Waals surface area (Å²) in [7, 11) is 0. The van der Waals surface area contributed by atoms with E-state index in [0.29, 0.717) is 17.7 Å². The van der Waals surface area contributed by atoms with Crippen molar-refractivity contribution in [3.63, 3.8) is 0 Å². The van der Waals surface area contributed by atoms with Crippen molar-refractivity contribution in [1.82, 2.24) is 24.5 Å². The van der Waals surface area contributed by atoms with E-state index in [0.717, 1.165) is 11.8 Å². The molecule has 100 valence electrons. The third-order valence-electron chi connectivity index (χ3n) is 1.94. The molecule has 0 aromatic carbocycles. The molecule has 0 amide bonds. The van der Waals surface area contributed by atoms with Gasteiger partial charge in [0.1, 0.15) is 6.33 Å². The molecule has 2 heterocycles. The van der Waals surface area contributed by atoms with Crippen LogP contribution in [-0.4, -0.2) is 42.8 Å². The second-order valence-corrected chi connectivity index (χ2v) is 4.53. The molecule has 19 heavy (non-hydrogen) atoms. The Balaban J connectivity index is 2.11. The van der Waals surface area contributed by atoms with Crippen LogP contribution in [0.1, 0.15) is 6.92 Å². The maximum Gasteiger partial charge on any atom is 0.316 e. The molecule has 0 aliphatic heterocycles. The maximum atomic E-state index is 11.3. The molecule has 0 fully saturated rings. The molecular weight excluding hydrogens is 290 g/mol. The number of carbonyl (C=O) groups is 1. The lowest BCUT2D eigenvalue weighted by Crippen LogP contribution is -2.08. The average molecular weight is 300 g/mol. The minimum atomic E-state index is -0.326. The smallest absolute Gasteiger partial charge is 0.316 e. The normalized spacial score (nSPS) is 10.4. The SMILES string of the molecule is CCOC(=O)CSc1nc(Cl)nc(-n2ccnc2)n1. The van der Waals surface area contributed by atoms with Crippen LogP contribution in [0.25, 0.3) is 5.95 Å². The summed E-state index contributed by atoms with van der Waals surface area (Å²) in [5.41, 5.74) is 0. The van der Waals surface area contributed by atoms with Gasteiger partial charge in [-0.1, -0.05) is 11.8 Å². The van der Waals surface area contributed by atoms with Crippen LogP contribution in [0.5, 0.6) is 0 Å². The van der Waals surface area contributed by atoms with E-state index in [1.54, 1.807) is 30.2 Å². The molecule has 0 spiro atoms. The van der Waals surface area contributed by atoms with Gasteiger partial charge in [0.2, 0.25) is 11.2 Å². The Morgan fingerprint density at radius 3 is 3.00 bits per heavy atom. The second kappa shape index (κ2) is 6.48. The fraction of sp³-hybridized carbons (Fsp3) is 0.300. The number of hydrogen-bond donors (Lipinski definition) is 0. The molecular formula is C10H10ClN5O2S. The van der Waals surface area contributed by atoms with Gasteiger partial charge in [-0.25, -0.2) is 4.98 Å². The summed E-state index contributed by atoms with van der Waals surface area (Å²) in [6.45, 7) is 2.09. The number of nitrogens with zero attached hydrogens (tertiary/aromatic N) is 5. The van der Waals surface area contributed by atoms with Crippen LogP contribution < -0.4 is 0 Å². The van der Waals surface area contributed by atoms with Gasteiger partial charge in [-0.3, -0.25) is 9.36 Å². The fourth-order valence-corrected chi connectivity index (χ4v) is 2.04. The Labute approximate surface area is 118 Å². The van der Waals surface area contributed by atoms with E-state index < -0.39 is 0 Å². The van der Waals surface area contributed by atoms with E-state index in [4.69, 9.17) is 16.3 Å². The van der Waals surface area contributed by atoms with Crippen molar-refractivity contribution >= 4 is 29.3 Å². The average Bonchev–Trinajstić information content (AvgIpc) is 2.90. The zero-order chi connectivity index (χ0) is 13.7. The van der Waals surface area contributed by atoms with Crippen molar-refractivity contribution in [1.29, 1.82) is 0 Å². The largest absolute Gasteiger partial charge is 0.465 e. The van der Waals surface area contributed by atoms with Crippen molar-refractivity contribution in [2.24, 2.45) is 0 Å². The van der Waals surface area contributed by atoms with E-state index in [2.05, 4.69) is 19.9 Å². The first kappa shape index (κ1) is 13.8. The lowest BCUT2D eigenvalue weighted by Gasteiger charge is -2.04. The van der Waals surface area contributed by atoms with Crippen LogP contribution >= 0.6 is 23.4 Å². The predicted octanol–water partition coefficient (Wildman–Crippen LogP) is 1.37. The van der Waals surface area contributed by atoms with Crippen molar-refractivity contribution < 1.29 is 9.53 Å². The molecule has 0 unspecified atom stereocenters. The minimum absolute atomic E-state index is 0.0602. The van der Waals surface area contributed by atoms with Gasteiger partial charge in [0, 0.05) is 12.4 Å². The van der Waals surface area contributed by atoms with Gasteiger partial charge in [-0.15, -0.1) is 0 Å². The standard InChI is InChI=1S/C10H10ClN5O2S/c1-2-18-7(17)5-19-10-14-8(11)13-9(15-10)16-4-3-12-6-16/h3-4,6H,2,5H2,1H3. The molecule has 0 saturated heterocycles. The van der Waals surface area contributed by atoms with Crippen molar-refractivity contribution in [2.75, 3.05) is 12.4 Å². The summed E-state index contributed by atoms with van der Waals surface area (Å²) >= 11 is 6.96. The molecule has 0 saturated carbocycles. The second-order valence-electron chi connectivity index (χ2n) is 3.25. The van der Waals surface area contributed by atoms with Crippen LogP contribution in [0.2, 0.25) is 5.28 Å². The van der Waals surface area contributed by atoms with Gasteiger partial charge in [-0.05, 0) is 18.5 Å². The predicted molar refractivity (Wildman–Crippen MR) is 69.3 cm³/mol. The molecule has 0 radical (unpaired) electrons. The number of hydrogen-bond acceptors (Lipinski definition) is 7. The highest BCUT2D eigenvalue weighted by Gasteiger charge is 2.10. The highest BCUT2D eigenvalue weighted by Crippen LogP contribution is 2.16. The molecule has 2 aromatic heterocycles. The molecule has 0 aliphatic rings. The summed E-state index contributed by atoms with van der Waals surface area (Å²) in [5.74, 6) is 0.148. The quantitative estimate of drug-likeness (QED) is 0.609. The lowest BCUT2D eigenvalue weighted by molar-refractivity contribution is -0.139. The van der Waals surface area contributed by atoms with Crippen LogP contribution in [0.3, 0.4) is 0 Å². The van der Waals surface area contributed by atoms with E-state index in [1.807, 2.05) is 0 Å². The summed E-state index contributed by atoms with van der Waals surface area (Å²) < 4.78 is 6.42. The Hall–Kier alpha value is -1.67. The Morgan fingerprint density at radius 2 is 2.32 bits per heavy atom. The van der Waals surface area contributed by atoms with E-state index in [-0.39, 0.29) is 17.0 Å². The minimum Gasteiger partial charge on any atom is -0.465 e. The number of esters is 1. The van der Waals surface area contributed by atoms with Crippen LogP contribution in [0, 0.1) is 0 Å². The summed E-state index contributed by atoms with van der Waals surface area (Å²) in [4.78, 5) is 27.2. The fourth-order valence-electron chi connectivity index (χ4n) is 1.21. The number of carbonyl (C=O) groups excluding carboxylic acids is 1. The third-order valence-corrected chi connectivity index (χ3v) is 2.93. The number of ether oxygens (including phenoxy) is 1. The number of halogens is 1. The lowest BCUT2D eigenvalue weighted by atomic mass is 10.8. The molecule has 0 N–H and O–H groups in total. The molecule has 9 heteroatoms. The van der Waals surface area contributed by atoms with Gasteiger partial charge >= 0.3 is 5.97 Å². The van der Waals surface area contributed by atoms with Gasteiger partial charge in [0.25, 0.3) is 0 Å². The molecule has 0 aliphatic carbocycles. The highest BCUT2D eigenvalue weighted by atomic mass is 35.5. The van der Waals surface area contributed by atoms with Crippen molar-refractivity contribution in [3.8, 4) is 5.95 Å². The van der Waals surface area contributed by atoms with Crippen molar-refractivity contribution in [2.45, 2.75) is 12.1 Å². The van der Waals surface area contributed by atoms with Crippen molar-refractivity contribution in [3.05, 3.63) is 24.0 Å². The van der Waals surface area contributed by atoms with Crippen LogP contribution in [0.15, 0.2) is 23.9 Å². The Morgan fingerprint density at radius 1 is 1.47 bits per heavy atom. The van der Waals surface area contributed by atoms with Gasteiger partial charge in [-0.2, -0.15) is 15.0 Å². The topological polar surface area (TPSA) is 82.8 Å². The Bertz CT molecular complexity index is 563. The summed E-state index contributed by atoms with van der Waals surface area (Å²) in [6, 6.07) is 0. The highest BCUT2D eigenvalue weighted by molar-refractivity contribution is 7.99. The van der Waals surface area contributed by atoms with Crippen LogP contribution in [-0.2, 0) is 9.53 Å². The maximum absolute atomic E-state index is 11.3. The Kier molecular flexibility index (Phi) is 4.69. The molecule has 0 bridgehead atoms. The monoisotopic (exact) mass is 299 g/mol. The molecule has 2 aromatic rings. The zero-order valence-electron chi connectivity index (χ0n) is 9.99. The number of rotatable bonds is 5. The van der Waals surface area contributed by atoms with Crippen LogP contribution in [0.4, 0.5) is 0 Å². The summed E-state index contributed by atoms with van der Waals surface area (Å²) in [6.07, 6.45) is 4.83. The zero-order valence-corrected chi connectivity index (χ0v) is 11.6. The summed E-state index contributed by atoms with van der Waals surface area (Å²) in [5, 5.41) is 0.418. The number of imidazole rings is 1. The number of aromatic nitrogens is 5. The first-order chi connectivity index (χ1) is 9.19. The van der Waals surface area contributed by atoms with E-state index in [1.165, 1.54) is 0 Å². The van der Waals surface area contributed by atoms with E-state index >= 15 is 0 Å². The van der Waals surface area contributed by atoms with Gasteiger partial charge in [0.05, 0.1) is 12.4 Å². The molecule has 2 rings (SSSR count). The molecule has 7 nitrogen and oxygen atoms in total. The number of thioether (sulfide) groups is 1.